The number of sulfonamides is 2. The van der Waals surface area contributed by atoms with Crippen molar-refractivity contribution in [1.82, 2.24) is 9.44 Å². The van der Waals surface area contributed by atoms with Gasteiger partial charge < -0.3 is 14.8 Å². The van der Waals surface area contributed by atoms with E-state index in [-0.39, 0.29) is 29.5 Å². The van der Waals surface area contributed by atoms with E-state index in [1.807, 2.05) is 0 Å². The minimum absolute atomic E-state index is 0.0210. The van der Waals surface area contributed by atoms with Gasteiger partial charge in [-0.3, -0.25) is 4.79 Å². The first kappa shape index (κ1) is 24.8. The molecule has 0 spiro atoms. The van der Waals surface area contributed by atoms with Gasteiger partial charge in [-0.2, -0.15) is 0 Å². The molecule has 170 valence electrons. The molecule has 0 aromatic heterocycles. The van der Waals surface area contributed by atoms with Gasteiger partial charge in [0.1, 0.15) is 5.75 Å². The Kier molecular flexibility index (Phi) is 8.53. The molecule has 0 aliphatic heterocycles. The van der Waals surface area contributed by atoms with Crippen molar-refractivity contribution in [3.05, 3.63) is 48.0 Å². The number of hydrogen-bond acceptors (Lipinski definition) is 7. The Balaban J connectivity index is 1.98. The Bertz CT molecular complexity index is 1120. The number of nitrogens with one attached hydrogen (secondary N) is 3. The molecule has 0 bridgehead atoms. The summed E-state index contributed by atoms with van der Waals surface area (Å²) >= 11 is 0. The van der Waals surface area contributed by atoms with Gasteiger partial charge in [-0.05, 0) is 55.9 Å². The number of methoxy groups -OCH3 is 1. The van der Waals surface area contributed by atoms with E-state index in [0.717, 1.165) is 0 Å². The van der Waals surface area contributed by atoms with Crippen molar-refractivity contribution in [2.45, 2.75) is 16.7 Å². The maximum absolute atomic E-state index is 12.2. The molecule has 0 unspecified atom stereocenters. The molecule has 2 aromatic rings. The van der Waals surface area contributed by atoms with Crippen LogP contribution in [0.15, 0.2) is 52.3 Å². The largest absolute Gasteiger partial charge is 0.484 e. The SMILES string of the molecule is CNS(=O)(=O)c1ccc(C)c(NC(=O)COc2ccc(S(=O)(=O)NCCOC)cc2)c1. The average Bonchev–Trinajstić information content (AvgIpc) is 2.74. The molecule has 3 N–H and O–H groups in total. The Labute approximate surface area is 182 Å². The molecular weight excluding hydrogens is 446 g/mol. The topological polar surface area (TPSA) is 140 Å². The summed E-state index contributed by atoms with van der Waals surface area (Å²) in [7, 11) is -4.54. The summed E-state index contributed by atoms with van der Waals surface area (Å²) in [6.07, 6.45) is 0. The van der Waals surface area contributed by atoms with Gasteiger partial charge in [-0.25, -0.2) is 26.3 Å². The predicted octanol–water partition coefficient (Wildman–Crippen LogP) is 0.845. The highest BCUT2D eigenvalue weighted by atomic mass is 32.2. The number of carbonyl (C=O) groups excluding carboxylic acids is 1. The highest BCUT2D eigenvalue weighted by molar-refractivity contribution is 7.89. The van der Waals surface area contributed by atoms with Crippen LogP contribution in [0.3, 0.4) is 0 Å². The second-order valence-corrected chi connectivity index (χ2v) is 10.0. The summed E-state index contributed by atoms with van der Waals surface area (Å²) in [5, 5.41) is 2.61. The van der Waals surface area contributed by atoms with Gasteiger partial charge in [0, 0.05) is 19.3 Å². The Morgan fingerprint density at radius 3 is 2.23 bits per heavy atom. The van der Waals surface area contributed by atoms with Gasteiger partial charge in [-0.15, -0.1) is 0 Å². The lowest BCUT2D eigenvalue weighted by atomic mass is 10.2. The number of ether oxygens (including phenoxy) is 2. The molecule has 0 saturated carbocycles. The zero-order chi connectivity index (χ0) is 23.1. The molecule has 0 heterocycles. The van der Waals surface area contributed by atoms with E-state index < -0.39 is 26.0 Å². The van der Waals surface area contributed by atoms with Crippen LogP contribution in [0, 0.1) is 6.92 Å². The standard InChI is InChI=1S/C19H25N3O7S2/c1-14-4-7-17(30(24,25)20-2)12-18(14)22-19(23)13-29-15-5-8-16(9-6-15)31(26,27)21-10-11-28-3/h4-9,12,20-21H,10-11,13H2,1-3H3,(H,22,23). The molecule has 31 heavy (non-hydrogen) atoms. The van der Waals surface area contributed by atoms with E-state index in [9.17, 15) is 21.6 Å². The molecule has 12 heteroatoms. The lowest BCUT2D eigenvalue weighted by Gasteiger charge is -2.12. The van der Waals surface area contributed by atoms with Crippen LogP contribution in [0.5, 0.6) is 5.75 Å². The molecule has 1 amide bonds. The van der Waals surface area contributed by atoms with Gasteiger partial charge >= 0.3 is 0 Å². The van der Waals surface area contributed by atoms with Crippen LogP contribution in [0.25, 0.3) is 0 Å². The Morgan fingerprint density at radius 2 is 1.61 bits per heavy atom. The molecule has 2 aromatic carbocycles. The highest BCUT2D eigenvalue weighted by Crippen LogP contribution is 2.20. The van der Waals surface area contributed by atoms with Crippen molar-refractivity contribution in [1.29, 1.82) is 0 Å². The Hall–Kier alpha value is -2.51. The summed E-state index contributed by atoms with van der Waals surface area (Å²) in [5.74, 6) is -0.200. The van der Waals surface area contributed by atoms with E-state index >= 15 is 0 Å². The number of aryl methyl sites for hydroxylation is 1. The smallest absolute Gasteiger partial charge is 0.262 e. The van der Waals surface area contributed by atoms with Crippen LogP contribution in [-0.4, -0.2) is 56.7 Å². The normalized spacial score (nSPS) is 11.8. The molecule has 0 fully saturated rings. The molecule has 0 saturated heterocycles. The molecule has 0 atom stereocenters. The van der Waals surface area contributed by atoms with Gasteiger partial charge in [0.05, 0.1) is 16.4 Å². The first-order valence-electron chi connectivity index (χ1n) is 9.14. The van der Waals surface area contributed by atoms with Gasteiger partial charge in [0.2, 0.25) is 20.0 Å². The maximum Gasteiger partial charge on any atom is 0.262 e. The van der Waals surface area contributed by atoms with E-state index in [2.05, 4.69) is 14.8 Å². The summed E-state index contributed by atoms with van der Waals surface area (Å²) in [5.41, 5.74) is 1.02. The summed E-state index contributed by atoms with van der Waals surface area (Å²) in [6, 6.07) is 9.97. The van der Waals surface area contributed by atoms with E-state index in [1.54, 1.807) is 13.0 Å². The summed E-state index contributed by atoms with van der Waals surface area (Å²) in [6.45, 7) is 1.78. The minimum Gasteiger partial charge on any atom is -0.484 e. The first-order chi connectivity index (χ1) is 14.6. The number of carbonyl (C=O) groups is 1. The average molecular weight is 472 g/mol. The summed E-state index contributed by atoms with van der Waals surface area (Å²) in [4.78, 5) is 12.3. The second kappa shape index (κ2) is 10.7. The zero-order valence-electron chi connectivity index (χ0n) is 17.3. The van der Waals surface area contributed by atoms with Crippen molar-refractivity contribution in [2.75, 3.05) is 39.2 Å². The predicted molar refractivity (Wildman–Crippen MR) is 115 cm³/mol. The maximum atomic E-state index is 12.2. The van der Waals surface area contributed by atoms with Crippen LogP contribution < -0.4 is 19.5 Å². The number of benzene rings is 2. The van der Waals surface area contributed by atoms with Crippen molar-refractivity contribution >= 4 is 31.6 Å². The monoisotopic (exact) mass is 471 g/mol. The van der Waals surface area contributed by atoms with Gasteiger partial charge in [-0.1, -0.05) is 6.07 Å². The van der Waals surface area contributed by atoms with Gasteiger partial charge in [0.15, 0.2) is 6.61 Å². The fourth-order valence-corrected chi connectivity index (χ4v) is 4.20. The second-order valence-electron chi connectivity index (χ2n) is 6.38. The van der Waals surface area contributed by atoms with Crippen LogP contribution in [-0.2, 0) is 29.6 Å². The number of rotatable bonds is 11. The third kappa shape index (κ3) is 7.01. The minimum atomic E-state index is -3.66. The Morgan fingerprint density at radius 1 is 0.968 bits per heavy atom. The molecule has 0 aliphatic rings. The number of amides is 1. The molecule has 2 rings (SSSR count). The molecule has 0 radical (unpaired) electrons. The lowest BCUT2D eigenvalue weighted by molar-refractivity contribution is -0.118. The van der Waals surface area contributed by atoms with E-state index in [4.69, 9.17) is 9.47 Å². The first-order valence-corrected chi connectivity index (χ1v) is 12.1. The summed E-state index contributed by atoms with van der Waals surface area (Å²) < 4.78 is 62.9. The fraction of sp³-hybridized carbons (Fsp3) is 0.316. The van der Waals surface area contributed by atoms with Crippen molar-refractivity contribution in [2.24, 2.45) is 0 Å². The van der Waals surface area contributed by atoms with Gasteiger partial charge in [0.25, 0.3) is 5.91 Å². The van der Waals surface area contributed by atoms with Crippen molar-refractivity contribution in [3.8, 4) is 5.75 Å². The lowest BCUT2D eigenvalue weighted by Crippen LogP contribution is -2.27. The van der Waals surface area contributed by atoms with E-state index in [1.165, 1.54) is 50.6 Å². The van der Waals surface area contributed by atoms with Crippen LogP contribution in [0.4, 0.5) is 5.69 Å². The van der Waals surface area contributed by atoms with Crippen molar-refractivity contribution in [3.63, 3.8) is 0 Å². The van der Waals surface area contributed by atoms with Crippen molar-refractivity contribution < 1.29 is 31.1 Å². The van der Waals surface area contributed by atoms with E-state index in [0.29, 0.717) is 17.0 Å². The van der Waals surface area contributed by atoms with Crippen LogP contribution >= 0.6 is 0 Å². The highest BCUT2D eigenvalue weighted by Gasteiger charge is 2.15. The molecular formula is C19H25N3O7S2. The number of anilines is 1. The molecule has 0 aliphatic carbocycles. The third-order valence-electron chi connectivity index (χ3n) is 4.16. The quantitative estimate of drug-likeness (QED) is 0.413. The van der Waals surface area contributed by atoms with Crippen LogP contribution in [0.1, 0.15) is 5.56 Å². The zero-order valence-corrected chi connectivity index (χ0v) is 19.0. The third-order valence-corrected chi connectivity index (χ3v) is 7.05. The fourth-order valence-electron chi connectivity index (χ4n) is 2.43. The van der Waals surface area contributed by atoms with Crippen LogP contribution in [0.2, 0.25) is 0 Å². The number of hydrogen-bond donors (Lipinski definition) is 3. The molecule has 10 nitrogen and oxygen atoms in total.